The molecule has 6 aromatic rings. The number of fused-ring (bicyclic) bond motifs is 2. The van der Waals surface area contributed by atoms with E-state index in [9.17, 15) is 0 Å². The smallest absolute Gasteiger partial charge is 0.177 e. The molecule has 0 spiro atoms. The fourth-order valence-electron chi connectivity index (χ4n) is 4.41. The van der Waals surface area contributed by atoms with Crippen molar-refractivity contribution >= 4 is 22.6 Å². The number of hydrogen-bond acceptors (Lipinski definition) is 5. The Kier molecular flexibility index (Phi) is 5.35. The predicted molar refractivity (Wildman–Crippen MR) is 137 cm³/mol. The molecule has 0 bridgehead atoms. The van der Waals surface area contributed by atoms with Gasteiger partial charge in [0.25, 0.3) is 0 Å². The highest BCUT2D eigenvalue weighted by Crippen LogP contribution is 2.22. The number of benzene rings is 2. The Labute approximate surface area is 202 Å². The molecule has 0 radical (unpaired) electrons. The molecule has 0 amide bonds. The van der Waals surface area contributed by atoms with E-state index in [-0.39, 0.29) is 0 Å². The summed E-state index contributed by atoms with van der Waals surface area (Å²) in [5, 5.41) is 14.7. The van der Waals surface area contributed by atoms with Gasteiger partial charge in [0.15, 0.2) is 11.5 Å². The van der Waals surface area contributed by atoms with E-state index in [2.05, 4.69) is 67.7 Å². The maximum atomic E-state index is 4.81. The second-order valence-electron chi connectivity index (χ2n) is 8.41. The van der Waals surface area contributed by atoms with Crippen LogP contribution in [0.15, 0.2) is 91.9 Å². The largest absolute Gasteiger partial charge is 0.327 e. The van der Waals surface area contributed by atoms with Crippen molar-refractivity contribution in [3.8, 4) is 11.3 Å². The van der Waals surface area contributed by atoms with Crippen LogP contribution >= 0.6 is 0 Å². The molecule has 0 N–H and O–H groups in total. The first-order valence-corrected chi connectivity index (χ1v) is 11.6. The molecule has 2 aromatic carbocycles. The van der Waals surface area contributed by atoms with Gasteiger partial charge in [-0.15, -0.1) is 10.2 Å². The second-order valence-corrected chi connectivity index (χ2v) is 8.41. The van der Waals surface area contributed by atoms with Crippen LogP contribution in [-0.4, -0.2) is 34.3 Å². The first kappa shape index (κ1) is 20.9. The zero-order valence-corrected chi connectivity index (χ0v) is 19.1. The van der Waals surface area contributed by atoms with E-state index in [4.69, 9.17) is 5.10 Å². The van der Waals surface area contributed by atoms with Crippen molar-refractivity contribution in [3.63, 3.8) is 0 Å². The Morgan fingerprint density at radius 3 is 2.66 bits per heavy atom. The lowest BCUT2D eigenvalue weighted by atomic mass is 10.0. The molecular formula is C28H23N7. The number of pyridine rings is 1. The maximum Gasteiger partial charge on any atom is 0.177 e. The lowest BCUT2D eigenvalue weighted by molar-refractivity contribution is 0.786. The molecule has 0 saturated heterocycles. The number of rotatable bonds is 7. The Morgan fingerprint density at radius 2 is 1.77 bits per heavy atom. The number of aryl methyl sites for hydroxylation is 2. The van der Waals surface area contributed by atoms with Crippen LogP contribution in [0.5, 0.6) is 0 Å². The minimum absolute atomic E-state index is 0.727. The Hall–Kier alpha value is -4.65. The SMILES string of the molecule is C=Cc1nccn1Cc1ccc2c(CCc3nnc4ccc(-c5ccccc5)nn34)ccnc2c1. The van der Waals surface area contributed by atoms with Gasteiger partial charge < -0.3 is 4.57 Å². The van der Waals surface area contributed by atoms with Gasteiger partial charge in [-0.3, -0.25) is 4.98 Å². The summed E-state index contributed by atoms with van der Waals surface area (Å²) in [4.78, 5) is 8.94. The second kappa shape index (κ2) is 8.95. The summed E-state index contributed by atoms with van der Waals surface area (Å²) in [5.41, 5.74) is 6.11. The van der Waals surface area contributed by atoms with Crippen LogP contribution in [0.3, 0.4) is 0 Å². The van der Waals surface area contributed by atoms with Crippen LogP contribution in [0.1, 0.15) is 22.8 Å². The molecule has 0 saturated carbocycles. The van der Waals surface area contributed by atoms with Gasteiger partial charge in [0.05, 0.1) is 11.2 Å². The van der Waals surface area contributed by atoms with Crippen molar-refractivity contribution in [2.75, 3.05) is 0 Å². The van der Waals surface area contributed by atoms with Crippen molar-refractivity contribution in [2.24, 2.45) is 0 Å². The molecule has 35 heavy (non-hydrogen) atoms. The van der Waals surface area contributed by atoms with Gasteiger partial charge in [0.2, 0.25) is 0 Å². The van der Waals surface area contributed by atoms with Gasteiger partial charge in [-0.25, -0.2) is 4.98 Å². The van der Waals surface area contributed by atoms with E-state index in [1.807, 2.05) is 47.2 Å². The highest BCUT2D eigenvalue weighted by atomic mass is 15.4. The van der Waals surface area contributed by atoms with Gasteiger partial charge in [-0.1, -0.05) is 49.0 Å². The minimum Gasteiger partial charge on any atom is -0.327 e. The van der Waals surface area contributed by atoms with Gasteiger partial charge in [-0.05, 0) is 47.9 Å². The van der Waals surface area contributed by atoms with Gasteiger partial charge in [-0.2, -0.15) is 9.61 Å². The van der Waals surface area contributed by atoms with Crippen molar-refractivity contribution in [3.05, 3.63) is 115 Å². The van der Waals surface area contributed by atoms with Crippen LogP contribution in [-0.2, 0) is 19.4 Å². The highest BCUT2D eigenvalue weighted by molar-refractivity contribution is 5.82. The average Bonchev–Trinajstić information content (AvgIpc) is 3.53. The van der Waals surface area contributed by atoms with Crippen molar-refractivity contribution in [1.82, 2.24) is 34.3 Å². The predicted octanol–water partition coefficient (Wildman–Crippen LogP) is 5.01. The summed E-state index contributed by atoms with van der Waals surface area (Å²) in [5.74, 6) is 1.70. The molecule has 4 aromatic heterocycles. The third-order valence-electron chi connectivity index (χ3n) is 6.20. The monoisotopic (exact) mass is 457 g/mol. The van der Waals surface area contributed by atoms with Crippen LogP contribution in [0.4, 0.5) is 0 Å². The van der Waals surface area contributed by atoms with Crippen LogP contribution in [0.25, 0.3) is 33.9 Å². The molecule has 4 heterocycles. The molecule has 0 aliphatic rings. The summed E-state index contributed by atoms with van der Waals surface area (Å²) in [6, 6.07) is 22.6. The van der Waals surface area contributed by atoms with E-state index in [0.29, 0.717) is 0 Å². The zero-order chi connectivity index (χ0) is 23.6. The summed E-state index contributed by atoms with van der Waals surface area (Å²) < 4.78 is 3.93. The third-order valence-corrected chi connectivity index (χ3v) is 6.20. The van der Waals surface area contributed by atoms with Gasteiger partial charge in [0, 0.05) is 42.5 Å². The highest BCUT2D eigenvalue weighted by Gasteiger charge is 2.11. The lowest BCUT2D eigenvalue weighted by Gasteiger charge is -2.09. The standard InChI is InChI=1S/C28H23N7/c1-2-26-30-16-17-34(26)19-20-8-10-23-21(14-15-29-25(23)18-20)9-12-27-31-32-28-13-11-24(33-35(27)28)22-6-4-3-5-7-22/h2-8,10-11,13-18H,1,9,12,19H2. The van der Waals surface area contributed by atoms with E-state index < -0.39 is 0 Å². The fourth-order valence-corrected chi connectivity index (χ4v) is 4.41. The van der Waals surface area contributed by atoms with Crippen molar-refractivity contribution < 1.29 is 0 Å². The molecule has 6 rings (SSSR count). The van der Waals surface area contributed by atoms with Gasteiger partial charge >= 0.3 is 0 Å². The summed E-state index contributed by atoms with van der Waals surface area (Å²) in [7, 11) is 0. The summed E-state index contributed by atoms with van der Waals surface area (Å²) >= 11 is 0. The molecule has 0 aliphatic heterocycles. The molecule has 0 fully saturated rings. The van der Waals surface area contributed by atoms with Crippen molar-refractivity contribution in [2.45, 2.75) is 19.4 Å². The Balaban J connectivity index is 1.26. The van der Waals surface area contributed by atoms with Crippen molar-refractivity contribution in [1.29, 1.82) is 0 Å². The number of aromatic nitrogens is 7. The van der Waals surface area contributed by atoms with E-state index in [1.165, 1.54) is 11.1 Å². The van der Waals surface area contributed by atoms with E-state index in [0.717, 1.165) is 58.8 Å². The number of hydrogen-bond donors (Lipinski definition) is 0. The van der Waals surface area contributed by atoms with Crippen LogP contribution in [0, 0.1) is 0 Å². The molecular weight excluding hydrogens is 434 g/mol. The van der Waals surface area contributed by atoms with E-state index in [1.54, 1.807) is 12.3 Å². The Morgan fingerprint density at radius 1 is 0.857 bits per heavy atom. The van der Waals surface area contributed by atoms with Crippen LogP contribution < -0.4 is 0 Å². The Bertz CT molecular complexity index is 1650. The summed E-state index contributed by atoms with van der Waals surface area (Å²) in [6.45, 7) is 4.56. The molecule has 0 aliphatic carbocycles. The fraction of sp³-hybridized carbons (Fsp3) is 0.107. The minimum atomic E-state index is 0.727. The molecule has 7 heteroatoms. The number of nitrogens with zero attached hydrogens (tertiary/aromatic N) is 7. The molecule has 7 nitrogen and oxygen atoms in total. The quantitative estimate of drug-likeness (QED) is 0.337. The van der Waals surface area contributed by atoms with Crippen LogP contribution in [0.2, 0.25) is 0 Å². The topological polar surface area (TPSA) is 73.8 Å². The first-order valence-electron chi connectivity index (χ1n) is 11.6. The maximum absolute atomic E-state index is 4.81. The lowest BCUT2D eigenvalue weighted by Crippen LogP contribution is -2.03. The summed E-state index contributed by atoms with van der Waals surface area (Å²) in [6.07, 6.45) is 8.94. The molecule has 170 valence electrons. The number of imidazole rings is 1. The first-order chi connectivity index (χ1) is 17.3. The zero-order valence-electron chi connectivity index (χ0n) is 19.1. The van der Waals surface area contributed by atoms with E-state index >= 15 is 0 Å². The molecule has 0 unspecified atom stereocenters. The third kappa shape index (κ3) is 4.08. The van der Waals surface area contributed by atoms with Gasteiger partial charge in [0.1, 0.15) is 5.82 Å². The molecule has 0 atom stereocenters. The normalized spacial score (nSPS) is 11.3. The average molecular weight is 458 g/mol.